The van der Waals surface area contributed by atoms with E-state index in [1.165, 1.54) is 17.8 Å². The van der Waals surface area contributed by atoms with Crippen LogP contribution in [0.5, 0.6) is 0 Å². The number of aromatic carboxylic acids is 1. The topological polar surface area (TPSA) is 70.8 Å². The van der Waals surface area contributed by atoms with Gasteiger partial charge in [0.05, 0.1) is 0 Å². The number of furan rings is 1. The second-order valence-electron chi connectivity index (χ2n) is 3.53. The molecule has 2 heterocycles. The maximum absolute atomic E-state index is 11.4. The number of hydrogen-bond donors (Lipinski definition) is 1. The van der Waals surface area contributed by atoms with Crippen molar-refractivity contribution in [3.8, 4) is 0 Å². The molecule has 1 aliphatic rings. The molecule has 0 aliphatic carbocycles. The molecule has 6 heteroatoms. The van der Waals surface area contributed by atoms with Crippen molar-refractivity contribution < 1.29 is 19.1 Å². The molecule has 16 heavy (non-hydrogen) atoms. The van der Waals surface area contributed by atoms with Gasteiger partial charge in [-0.1, -0.05) is 11.8 Å². The minimum atomic E-state index is -1.09. The molecule has 0 aromatic carbocycles. The number of amides is 1. The molecule has 1 fully saturated rings. The second kappa shape index (κ2) is 4.21. The Kier molecular flexibility index (Phi) is 2.91. The lowest BCUT2D eigenvalue weighted by Gasteiger charge is -2.12. The Morgan fingerprint density at radius 1 is 1.69 bits per heavy atom. The highest BCUT2D eigenvalue weighted by Gasteiger charge is 2.23. The van der Waals surface area contributed by atoms with Crippen molar-refractivity contribution >= 4 is 23.0 Å². The molecule has 2 rings (SSSR count). The third-order valence-corrected chi connectivity index (χ3v) is 3.33. The number of nitrogens with zero attached hydrogens (tertiary/aromatic N) is 1. The number of rotatable bonds is 3. The average molecular weight is 241 g/mol. The van der Waals surface area contributed by atoms with Crippen molar-refractivity contribution in [2.45, 2.75) is 13.5 Å². The fourth-order valence-corrected chi connectivity index (χ4v) is 2.38. The van der Waals surface area contributed by atoms with Gasteiger partial charge >= 0.3 is 5.97 Å². The normalized spacial score (nSPS) is 15.8. The predicted octanol–water partition coefficient (Wildman–Crippen LogP) is 1.96. The number of carboxylic acid groups (broad SMARTS) is 1. The Hall–Kier alpha value is -1.43. The molecule has 1 N–H and O–H groups in total. The smallest absolute Gasteiger partial charge is 0.371 e. The summed E-state index contributed by atoms with van der Waals surface area (Å²) in [5, 5.41) is 8.80. The van der Waals surface area contributed by atoms with Crippen molar-refractivity contribution in [2.24, 2.45) is 0 Å². The average Bonchev–Trinajstić information content (AvgIpc) is 2.76. The quantitative estimate of drug-likeness (QED) is 0.875. The molecular formula is C10H11NO4S. The van der Waals surface area contributed by atoms with Crippen LogP contribution in [0, 0.1) is 6.92 Å². The summed E-state index contributed by atoms with van der Waals surface area (Å²) in [6.07, 6.45) is 0. The monoisotopic (exact) mass is 241 g/mol. The van der Waals surface area contributed by atoms with E-state index in [4.69, 9.17) is 9.52 Å². The van der Waals surface area contributed by atoms with Crippen LogP contribution in [0.2, 0.25) is 0 Å². The van der Waals surface area contributed by atoms with E-state index in [9.17, 15) is 9.59 Å². The van der Waals surface area contributed by atoms with E-state index in [2.05, 4.69) is 0 Å². The first-order valence-electron chi connectivity index (χ1n) is 4.82. The standard InChI is InChI=1S/C10H11NO4S/c1-6-7(4-8(15-6)9(12)13)5-11-2-3-16-10(11)14/h4H,2-3,5H2,1H3,(H,12,13). The van der Waals surface area contributed by atoms with Crippen molar-refractivity contribution in [1.29, 1.82) is 0 Å². The van der Waals surface area contributed by atoms with E-state index >= 15 is 0 Å². The van der Waals surface area contributed by atoms with E-state index in [1.807, 2.05) is 0 Å². The lowest BCUT2D eigenvalue weighted by molar-refractivity contribution is 0.0661. The molecule has 1 aromatic heterocycles. The highest BCUT2D eigenvalue weighted by atomic mass is 32.2. The summed E-state index contributed by atoms with van der Waals surface area (Å²) in [6, 6.07) is 1.48. The van der Waals surface area contributed by atoms with Crippen LogP contribution in [-0.2, 0) is 6.54 Å². The van der Waals surface area contributed by atoms with Crippen LogP contribution in [0.3, 0.4) is 0 Å². The SMILES string of the molecule is Cc1oc(C(=O)O)cc1CN1CCSC1=O. The summed E-state index contributed by atoms with van der Waals surface area (Å²) in [5.74, 6) is 0.187. The first-order valence-corrected chi connectivity index (χ1v) is 5.81. The molecule has 86 valence electrons. The zero-order chi connectivity index (χ0) is 11.7. The second-order valence-corrected chi connectivity index (χ2v) is 4.58. The van der Waals surface area contributed by atoms with Crippen molar-refractivity contribution in [3.05, 3.63) is 23.2 Å². The summed E-state index contributed by atoms with van der Waals surface area (Å²) >= 11 is 1.28. The van der Waals surface area contributed by atoms with Crippen LogP contribution < -0.4 is 0 Å². The van der Waals surface area contributed by atoms with Crippen LogP contribution in [0.1, 0.15) is 21.9 Å². The number of thioether (sulfide) groups is 1. The minimum absolute atomic E-state index is 0.0393. The molecule has 0 radical (unpaired) electrons. The molecule has 0 spiro atoms. The van der Waals surface area contributed by atoms with Crippen LogP contribution in [0.15, 0.2) is 10.5 Å². The summed E-state index contributed by atoms with van der Waals surface area (Å²) in [4.78, 5) is 23.8. The summed E-state index contributed by atoms with van der Waals surface area (Å²) in [6.45, 7) is 2.83. The van der Waals surface area contributed by atoms with Gasteiger partial charge in [0.25, 0.3) is 5.24 Å². The van der Waals surface area contributed by atoms with Gasteiger partial charge in [-0.2, -0.15) is 0 Å². The van der Waals surface area contributed by atoms with Gasteiger partial charge in [-0.25, -0.2) is 4.79 Å². The highest BCUT2D eigenvalue weighted by molar-refractivity contribution is 8.13. The third kappa shape index (κ3) is 2.06. The number of aryl methyl sites for hydroxylation is 1. The fraction of sp³-hybridized carbons (Fsp3) is 0.400. The van der Waals surface area contributed by atoms with Crippen LogP contribution in [0.4, 0.5) is 4.79 Å². The van der Waals surface area contributed by atoms with E-state index in [0.717, 1.165) is 11.3 Å². The lowest BCUT2D eigenvalue weighted by atomic mass is 10.2. The fourth-order valence-electron chi connectivity index (χ4n) is 1.56. The van der Waals surface area contributed by atoms with Gasteiger partial charge in [-0.3, -0.25) is 4.79 Å². The first kappa shape index (κ1) is 11.1. The van der Waals surface area contributed by atoms with Gasteiger partial charge in [-0.15, -0.1) is 0 Å². The Labute approximate surface area is 96.4 Å². The highest BCUT2D eigenvalue weighted by Crippen LogP contribution is 2.23. The molecule has 0 saturated carbocycles. The molecule has 0 unspecified atom stereocenters. The van der Waals surface area contributed by atoms with Gasteiger partial charge in [0.2, 0.25) is 5.76 Å². The number of hydrogen-bond acceptors (Lipinski definition) is 4. The van der Waals surface area contributed by atoms with Crippen LogP contribution >= 0.6 is 11.8 Å². The number of carboxylic acids is 1. The van der Waals surface area contributed by atoms with Gasteiger partial charge in [0.15, 0.2) is 0 Å². The molecule has 1 aliphatic heterocycles. The maximum Gasteiger partial charge on any atom is 0.371 e. The minimum Gasteiger partial charge on any atom is -0.475 e. The zero-order valence-corrected chi connectivity index (χ0v) is 9.54. The molecule has 0 atom stereocenters. The summed E-state index contributed by atoms with van der Waals surface area (Å²) in [5.41, 5.74) is 0.758. The molecule has 5 nitrogen and oxygen atoms in total. The Bertz CT molecular complexity index is 440. The van der Waals surface area contributed by atoms with Crippen molar-refractivity contribution in [3.63, 3.8) is 0 Å². The Morgan fingerprint density at radius 2 is 2.44 bits per heavy atom. The predicted molar refractivity (Wildman–Crippen MR) is 58.7 cm³/mol. The van der Waals surface area contributed by atoms with E-state index in [0.29, 0.717) is 18.8 Å². The van der Waals surface area contributed by atoms with Crippen molar-refractivity contribution in [1.82, 2.24) is 4.90 Å². The van der Waals surface area contributed by atoms with Gasteiger partial charge < -0.3 is 14.4 Å². The summed E-state index contributed by atoms with van der Waals surface area (Å²) < 4.78 is 5.08. The molecule has 1 amide bonds. The molecule has 1 saturated heterocycles. The number of carbonyl (C=O) groups excluding carboxylic acids is 1. The lowest BCUT2D eigenvalue weighted by Crippen LogP contribution is -2.22. The maximum atomic E-state index is 11.4. The van der Waals surface area contributed by atoms with E-state index in [-0.39, 0.29) is 11.0 Å². The van der Waals surface area contributed by atoms with Crippen LogP contribution in [0.25, 0.3) is 0 Å². The molecule has 0 bridgehead atoms. The Balaban J connectivity index is 2.15. The third-order valence-electron chi connectivity index (χ3n) is 2.44. The van der Waals surface area contributed by atoms with Crippen LogP contribution in [-0.4, -0.2) is 33.5 Å². The van der Waals surface area contributed by atoms with Crippen molar-refractivity contribution in [2.75, 3.05) is 12.3 Å². The number of carbonyl (C=O) groups is 2. The van der Waals surface area contributed by atoms with E-state index < -0.39 is 5.97 Å². The van der Waals surface area contributed by atoms with Gasteiger partial charge in [0, 0.05) is 24.4 Å². The van der Waals surface area contributed by atoms with E-state index in [1.54, 1.807) is 11.8 Å². The van der Waals surface area contributed by atoms with Gasteiger partial charge in [-0.05, 0) is 13.0 Å². The first-order chi connectivity index (χ1) is 7.58. The molecule has 1 aromatic rings. The largest absolute Gasteiger partial charge is 0.475 e. The Morgan fingerprint density at radius 3 is 2.94 bits per heavy atom. The summed E-state index contributed by atoms with van der Waals surface area (Å²) in [7, 11) is 0. The molecular weight excluding hydrogens is 230 g/mol. The van der Waals surface area contributed by atoms with Gasteiger partial charge in [0.1, 0.15) is 5.76 Å². The zero-order valence-electron chi connectivity index (χ0n) is 8.73.